The third-order valence-corrected chi connectivity index (χ3v) is 4.05. The van der Waals surface area contributed by atoms with Crippen molar-refractivity contribution in [3.8, 4) is 0 Å². The topological polar surface area (TPSA) is 37.4 Å². The van der Waals surface area contributed by atoms with Crippen molar-refractivity contribution < 1.29 is 4.74 Å². The smallest absolute Gasteiger partial charge is 0.128 e. The third kappa shape index (κ3) is 4.18. The third-order valence-electron chi connectivity index (χ3n) is 4.05. The van der Waals surface area contributed by atoms with Gasteiger partial charge in [-0.3, -0.25) is 0 Å². The first-order valence-electron chi connectivity index (χ1n) is 7.69. The summed E-state index contributed by atoms with van der Waals surface area (Å²) in [7, 11) is 2.13. The van der Waals surface area contributed by atoms with Gasteiger partial charge in [-0.05, 0) is 43.9 Å². The molecule has 4 nitrogen and oxygen atoms in total. The SMILES string of the molecule is CCNC(C)c1ccc(N(C)CC2CCOCC2)nc1. The van der Waals surface area contributed by atoms with E-state index in [0.717, 1.165) is 38.0 Å². The summed E-state index contributed by atoms with van der Waals surface area (Å²) in [4.78, 5) is 6.86. The first kappa shape index (κ1) is 15.3. The van der Waals surface area contributed by atoms with Gasteiger partial charge in [0.15, 0.2) is 0 Å². The molecular weight excluding hydrogens is 250 g/mol. The number of aromatic nitrogens is 1. The molecule has 0 spiro atoms. The molecular formula is C16H27N3O. The highest BCUT2D eigenvalue weighted by Crippen LogP contribution is 2.20. The first-order chi connectivity index (χ1) is 9.70. The molecule has 1 aliphatic rings. The van der Waals surface area contributed by atoms with Crippen molar-refractivity contribution in [1.82, 2.24) is 10.3 Å². The standard InChI is InChI=1S/C16H27N3O/c1-4-17-13(2)15-5-6-16(18-11-15)19(3)12-14-7-9-20-10-8-14/h5-6,11,13-14,17H,4,7-10,12H2,1-3H3. The van der Waals surface area contributed by atoms with Crippen LogP contribution in [0, 0.1) is 5.92 Å². The van der Waals surface area contributed by atoms with Crippen molar-refractivity contribution in [2.45, 2.75) is 32.7 Å². The molecule has 1 aromatic rings. The number of pyridine rings is 1. The van der Waals surface area contributed by atoms with E-state index < -0.39 is 0 Å². The van der Waals surface area contributed by atoms with Crippen LogP contribution in [0.1, 0.15) is 38.3 Å². The van der Waals surface area contributed by atoms with Crippen LogP contribution in [0.5, 0.6) is 0 Å². The van der Waals surface area contributed by atoms with Crippen molar-refractivity contribution >= 4 is 5.82 Å². The minimum Gasteiger partial charge on any atom is -0.381 e. The Morgan fingerprint density at radius 1 is 1.40 bits per heavy atom. The van der Waals surface area contributed by atoms with Crippen LogP contribution in [0.15, 0.2) is 18.3 Å². The lowest BCUT2D eigenvalue weighted by molar-refractivity contribution is 0.0685. The number of ether oxygens (including phenoxy) is 1. The second-order valence-corrected chi connectivity index (χ2v) is 5.67. The number of nitrogens with zero attached hydrogens (tertiary/aromatic N) is 2. The molecule has 1 unspecified atom stereocenters. The van der Waals surface area contributed by atoms with Gasteiger partial charge in [0.25, 0.3) is 0 Å². The van der Waals surface area contributed by atoms with Gasteiger partial charge in [0.05, 0.1) is 0 Å². The fourth-order valence-electron chi connectivity index (χ4n) is 2.71. The maximum atomic E-state index is 5.41. The highest BCUT2D eigenvalue weighted by Gasteiger charge is 2.16. The lowest BCUT2D eigenvalue weighted by Gasteiger charge is -2.28. The number of nitrogens with one attached hydrogen (secondary N) is 1. The van der Waals surface area contributed by atoms with Gasteiger partial charge in [-0.25, -0.2) is 4.98 Å². The van der Waals surface area contributed by atoms with E-state index in [1.54, 1.807) is 0 Å². The van der Waals surface area contributed by atoms with Crippen LogP contribution in [-0.2, 0) is 4.74 Å². The number of rotatable bonds is 6. The van der Waals surface area contributed by atoms with Gasteiger partial charge < -0.3 is 15.0 Å². The van der Waals surface area contributed by atoms with E-state index in [9.17, 15) is 0 Å². The molecule has 1 aromatic heterocycles. The maximum absolute atomic E-state index is 5.41. The summed E-state index contributed by atoms with van der Waals surface area (Å²) in [6.45, 7) is 8.16. The fourth-order valence-corrected chi connectivity index (χ4v) is 2.71. The van der Waals surface area contributed by atoms with Crippen LogP contribution < -0.4 is 10.2 Å². The quantitative estimate of drug-likeness (QED) is 0.867. The lowest BCUT2D eigenvalue weighted by atomic mass is 10.00. The summed E-state index contributed by atoms with van der Waals surface area (Å²) in [5, 5.41) is 3.41. The maximum Gasteiger partial charge on any atom is 0.128 e. The minimum atomic E-state index is 0.363. The lowest BCUT2D eigenvalue weighted by Crippen LogP contribution is -2.30. The highest BCUT2D eigenvalue weighted by molar-refractivity contribution is 5.38. The predicted octanol–water partition coefficient (Wildman–Crippen LogP) is 2.61. The first-order valence-corrected chi connectivity index (χ1v) is 7.69. The van der Waals surface area contributed by atoms with Gasteiger partial charge >= 0.3 is 0 Å². The van der Waals surface area contributed by atoms with Crippen molar-refractivity contribution in [3.05, 3.63) is 23.9 Å². The molecule has 1 fully saturated rings. The molecule has 0 aromatic carbocycles. The van der Waals surface area contributed by atoms with E-state index in [4.69, 9.17) is 4.74 Å². The fraction of sp³-hybridized carbons (Fsp3) is 0.688. The number of anilines is 1. The Balaban J connectivity index is 1.91. The number of hydrogen-bond acceptors (Lipinski definition) is 4. The molecule has 0 bridgehead atoms. The average Bonchev–Trinajstić information content (AvgIpc) is 2.48. The summed E-state index contributed by atoms with van der Waals surface area (Å²) < 4.78 is 5.41. The van der Waals surface area contributed by atoms with Gasteiger partial charge in [0, 0.05) is 39.0 Å². The summed E-state index contributed by atoms with van der Waals surface area (Å²) in [5.41, 5.74) is 1.25. The molecule has 2 rings (SSSR count). The van der Waals surface area contributed by atoms with Crippen LogP contribution in [0.25, 0.3) is 0 Å². The average molecular weight is 277 g/mol. The Hall–Kier alpha value is -1.13. The number of hydrogen-bond donors (Lipinski definition) is 1. The zero-order chi connectivity index (χ0) is 14.4. The largest absolute Gasteiger partial charge is 0.381 e. The minimum absolute atomic E-state index is 0.363. The molecule has 1 N–H and O–H groups in total. The van der Waals surface area contributed by atoms with Crippen LogP contribution in [-0.4, -0.2) is 38.3 Å². The Morgan fingerprint density at radius 2 is 2.15 bits per heavy atom. The molecule has 1 aliphatic heterocycles. The molecule has 112 valence electrons. The van der Waals surface area contributed by atoms with E-state index in [1.165, 1.54) is 18.4 Å². The van der Waals surface area contributed by atoms with Gasteiger partial charge in [-0.15, -0.1) is 0 Å². The van der Waals surface area contributed by atoms with Crippen molar-refractivity contribution in [2.75, 3.05) is 38.3 Å². The Kier molecular flexibility index (Phi) is 5.80. The van der Waals surface area contributed by atoms with E-state index in [0.29, 0.717) is 6.04 Å². The van der Waals surface area contributed by atoms with E-state index >= 15 is 0 Å². The molecule has 1 saturated heterocycles. The van der Waals surface area contributed by atoms with Crippen LogP contribution in [0.4, 0.5) is 5.82 Å². The second kappa shape index (κ2) is 7.60. The Labute approximate surface area is 122 Å². The Bertz CT molecular complexity index is 387. The molecule has 0 aliphatic carbocycles. The summed E-state index contributed by atoms with van der Waals surface area (Å²) >= 11 is 0. The van der Waals surface area contributed by atoms with Gasteiger partial charge in [0.1, 0.15) is 5.82 Å². The van der Waals surface area contributed by atoms with E-state index in [-0.39, 0.29) is 0 Å². The van der Waals surface area contributed by atoms with Crippen molar-refractivity contribution in [3.63, 3.8) is 0 Å². The molecule has 20 heavy (non-hydrogen) atoms. The van der Waals surface area contributed by atoms with Gasteiger partial charge in [0.2, 0.25) is 0 Å². The van der Waals surface area contributed by atoms with Crippen molar-refractivity contribution in [1.29, 1.82) is 0 Å². The summed E-state index contributed by atoms with van der Waals surface area (Å²) in [6.07, 6.45) is 4.32. The molecule has 4 heteroatoms. The van der Waals surface area contributed by atoms with Crippen molar-refractivity contribution in [2.24, 2.45) is 5.92 Å². The molecule has 2 heterocycles. The van der Waals surface area contributed by atoms with Crippen LogP contribution >= 0.6 is 0 Å². The Morgan fingerprint density at radius 3 is 2.75 bits per heavy atom. The molecule has 1 atom stereocenters. The van der Waals surface area contributed by atoms with Crippen LogP contribution in [0.3, 0.4) is 0 Å². The summed E-state index contributed by atoms with van der Waals surface area (Å²) in [5.74, 6) is 1.79. The van der Waals surface area contributed by atoms with E-state index in [2.05, 4.69) is 48.2 Å². The van der Waals surface area contributed by atoms with Crippen LogP contribution in [0.2, 0.25) is 0 Å². The molecule has 0 radical (unpaired) electrons. The zero-order valence-electron chi connectivity index (χ0n) is 12.9. The second-order valence-electron chi connectivity index (χ2n) is 5.67. The molecule has 0 amide bonds. The summed E-state index contributed by atoms with van der Waals surface area (Å²) in [6, 6.07) is 4.67. The van der Waals surface area contributed by atoms with E-state index in [1.807, 2.05) is 6.20 Å². The zero-order valence-corrected chi connectivity index (χ0v) is 12.9. The van der Waals surface area contributed by atoms with Gasteiger partial charge in [-0.1, -0.05) is 13.0 Å². The normalized spacial score (nSPS) is 17.9. The van der Waals surface area contributed by atoms with Gasteiger partial charge in [-0.2, -0.15) is 0 Å². The predicted molar refractivity (Wildman–Crippen MR) is 83.1 cm³/mol. The highest BCUT2D eigenvalue weighted by atomic mass is 16.5. The monoisotopic (exact) mass is 277 g/mol. The molecule has 0 saturated carbocycles.